The highest BCUT2D eigenvalue weighted by Crippen LogP contribution is 2.07. The van der Waals surface area contributed by atoms with Crippen molar-refractivity contribution in [2.75, 3.05) is 0 Å². The highest BCUT2D eigenvalue weighted by atomic mass is 79.9. The Morgan fingerprint density at radius 2 is 1.70 bits per heavy atom. The topological polar surface area (TPSA) is 0 Å². The van der Waals surface area contributed by atoms with Gasteiger partial charge >= 0.3 is 0 Å². The van der Waals surface area contributed by atoms with Crippen LogP contribution < -0.4 is 5.30 Å². The minimum absolute atomic E-state index is 1.14. The third-order valence-electron chi connectivity index (χ3n) is 0.905. The molecular formula is C8H12BrP. The lowest BCUT2D eigenvalue weighted by atomic mass is 10.4. The summed E-state index contributed by atoms with van der Waals surface area (Å²) in [6.45, 7) is 4.00. The van der Waals surface area contributed by atoms with Crippen LogP contribution in [-0.2, 0) is 0 Å². The predicted molar refractivity (Wildman–Crippen MR) is 54.8 cm³/mol. The first-order valence-corrected chi connectivity index (χ1v) is 4.68. The zero-order valence-corrected chi connectivity index (χ0v) is 9.01. The molecule has 0 fully saturated rings. The Balaban J connectivity index is 0.000000371. The van der Waals surface area contributed by atoms with Crippen molar-refractivity contribution < 1.29 is 0 Å². The average molecular weight is 219 g/mol. The van der Waals surface area contributed by atoms with Gasteiger partial charge in [-0.2, -0.15) is 0 Å². The SMILES string of the molecule is CC.Pc1ccccc1Br. The number of hydrogen-bond donors (Lipinski definition) is 0. The maximum atomic E-state index is 3.37. The van der Waals surface area contributed by atoms with Crippen LogP contribution in [0.5, 0.6) is 0 Å². The molecule has 56 valence electrons. The molecule has 10 heavy (non-hydrogen) atoms. The second-order valence-corrected chi connectivity index (χ2v) is 3.00. The van der Waals surface area contributed by atoms with E-state index in [1.54, 1.807) is 0 Å². The van der Waals surface area contributed by atoms with Gasteiger partial charge in [-0.25, -0.2) is 0 Å². The van der Waals surface area contributed by atoms with Crippen LogP contribution in [0.2, 0.25) is 0 Å². The molecule has 0 aliphatic heterocycles. The highest BCUT2D eigenvalue weighted by Gasteiger charge is 1.86. The van der Waals surface area contributed by atoms with Crippen LogP contribution in [-0.4, -0.2) is 0 Å². The summed E-state index contributed by atoms with van der Waals surface area (Å²) < 4.78 is 1.14. The molecule has 0 heterocycles. The van der Waals surface area contributed by atoms with Crippen molar-refractivity contribution >= 4 is 30.5 Å². The minimum Gasteiger partial charge on any atom is -0.104 e. The van der Waals surface area contributed by atoms with Crippen LogP contribution in [0, 0.1) is 0 Å². The largest absolute Gasteiger partial charge is 0.104 e. The molecule has 1 rings (SSSR count). The van der Waals surface area contributed by atoms with Crippen molar-refractivity contribution in [2.24, 2.45) is 0 Å². The van der Waals surface area contributed by atoms with Gasteiger partial charge in [0.15, 0.2) is 0 Å². The van der Waals surface area contributed by atoms with E-state index in [1.807, 2.05) is 38.1 Å². The summed E-state index contributed by atoms with van der Waals surface area (Å²) in [4.78, 5) is 0. The summed E-state index contributed by atoms with van der Waals surface area (Å²) in [7, 11) is 2.64. The maximum Gasteiger partial charge on any atom is 0.0246 e. The van der Waals surface area contributed by atoms with E-state index in [2.05, 4.69) is 25.2 Å². The van der Waals surface area contributed by atoms with E-state index < -0.39 is 0 Å². The van der Waals surface area contributed by atoms with Gasteiger partial charge in [0.2, 0.25) is 0 Å². The van der Waals surface area contributed by atoms with Crippen molar-refractivity contribution in [3.05, 3.63) is 28.7 Å². The Labute approximate surface area is 73.4 Å². The van der Waals surface area contributed by atoms with Gasteiger partial charge in [0.25, 0.3) is 0 Å². The minimum atomic E-state index is 1.14. The lowest BCUT2D eigenvalue weighted by Gasteiger charge is -1.91. The molecule has 0 saturated heterocycles. The number of halogens is 1. The van der Waals surface area contributed by atoms with E-state index in [-0.39, 0.29) is 0 Å². The molecule has 0 amide bonds. The summed E-state index contributed by atoms with van der Waals surface area (Å²) in [5, 5.41) is 1.20. The van der Waals surface area contributed by atoms with E-state index in [0.717, 1.165) is 4.47 Å². The molecule has 0 aliphatic rings. The maximum absolute atomic E-state index is 3.37. The van der Waals surface area contributed by atoms with Crippen LogP contribution in [0.3, 0.4) is 0 Å². The monoisotopic (exact) mass is 218 g/mol. The first-order chi connectivity index (χ1) is 4.80. The second kappa shape index (κ2) is 5.88. The summed E-state index contributed by atoms with van der Waals surface area (Å²) in [5.41, 5.74) is 0. The number of benzene rings is 1. The molecular weight excluding hydrogens is 207 g/mol. The molecule has 0 N–H and O–H groups in total. The lowest BCUT2D eigenvalue weighted by molar-refractivity contribution is 1.50. The van der Waals surface area contributed by atoms with E-state index in [0.29, 0.717) is 0 Å². The summed E-state index contributed by atoms with van der Waals surface area (Å²) in [6.07, 6.45) is 0. The fourth-order valence-electron chi connectivity index (χ4n) is 0.475. The molecule has 0 nitrogen and oxygen atoms in total. The number of hydrogen-bond acceptors (Lipinski definition) is 0. The van der Waals surface area contributed by atoms with Crippen molar-refractivity contribution in [3.8, 4) is 0 Å². The van der Waals surface area contributed by atoms with Crippen molar-refractivity contribution in [1.82, 2.24) is 0 Å². The van der Waals surface area contributed by atoms with Gasteiger partial charge in [0.1, 0.15) is 0 Å². The predicted octanol–water partition coefficient (Wildman–Crippen LogP) is 2.98. The molecule has 1 unspecified atom stereocenters. The van der Waals surface area contributed by atoms with E-state index in [4.69, 9.17) is 0 Å². The highest BCUT2D eigenvalue weighted by molar-refractivity contribution is 9.10. The lowest BCUT2D eigenvalue weighted by Crippen LogP contribution is -1.88. The van der Waals surface area contributed by atoms with Crippen LogP contribution in [0.15, 0.2) is 28.7 Å². The van der Waals surface area contributed by atoms with Crippen LogP contribution in [0.1, 0.15) is 13.8 Å². The smallest absolute Gasteiger partial charge is 0.0246 e. The number of rotatable bonds is 0. The summed E-state index contributed by atoms with van der Waals surface area (Å²) in [5.74, 6) is 0. The average Bonchev–Trinajstić information content (AvgIpc) is 2.00. The molecule has 1 aromatic carbocycles. The van der Waals surface area contributed by atoms with Crippen LogP contribution >= 0.6 is 25.2 Å². The van der Waals surface area contributed by atoms with Crippen molar-refractivity contribution in [2.45, 2.75) is 13.8 Å². The molecule has 0 radical (unpaired) electrons. The Morgan fingerprint density at radius 3 is 2.00 bits per heavy atom. The first kappa shape index (κ1) is 10.1. The van der Waals surface area contributed by atoms with E-state index in [9.17, 15) is 0 Å². The third kappa shape index (κ3) is 3.34. The fraction of sp³-hybridized carbons (Fsp3) is 0.250. The molecule has 0 aromatic heterocycles. The van der Waals surface area contributed by atoms with Crippen molar-refractivity contribution in [3.63, 3.8) is 0 Å². The fourth-order valence-corrected chi connectivity index (χ4v) is 0.967. The Morgan fingerprint density at radius 1 is 1.20 bits per heavy atom. The van der Waals surface area contributed by atoms with Gasteiger partial charge in [-0.05, 0) is 11.4 Å². The van der Waals surface area contributed by atoms with Gasteiger partial charge in [0, 0.05) is 4.47 Å². The second-order valence-electron chi connectivity index (χ2n) is 1.52. The molecule has 1 aromatic rings. The van der Waals surface area contributed by atoms with Crippen LogP contribution in [0.25, 0.3) is 0 Å². The third-order valence-corrected chi connectivity index (χ3v) is 2.55. The summed E-state index contributed by atoms with van der Waals surface area (Å²) in [6, 6.07) is 8.06. The van der Waals surface area contributed by atoms with Crippen LogP contribution in [0.4, 0.5) is 0 Å². The zero-order valence-electron chi connectivity index (χ0n) is 6.26. The molecule has 1 atom stereocenters. The van der Waals surface area contributed by atoms with Gasteiger partial charge in [-0.1, -0.05) is 48.0 Å². The standard InChI is InChI=1S/C6H6BrP.C2H6/c7-5-3-1-2-4-6(5)8;1-2/h1-4H,8H2;1-2H3. The van der Waals surface area contributed by atoms with E-state index >= 15 is 0 Å². The summed E-state index contributed by atoms with van der Waals surface area (Å²) >= 11 is 3.37. The zero-order chi connectivity index (χ0) is 7.98. The first-order valence-electron chi connectivity index (χ1n) is 3.31. The molecule has 0 bridgehead atoms. The Bertz CT molecular complexity index is 165. The quantitative estimate of drug-likeness (QED) is 0.588. The van der Waals surface area contributed by atoms with Gasteiger partial charge in [0.05, 0.1) is 0 Å². The van der Waals surface area contributed by atoms with Gasteiger partial charge in [-0.3, -0.25) is 0 Å². The van der Waals surface area contributed by atoms with Gasteiger partial charge in [-0.15, -0.1) is 9.24 Å². The molecule has 2 heteroatoms. The van der Waals surface area contributed by atoms with Gasteiger partial charge < -0.3 is 0 Å². The molecule has 0 saturated carbocycles. The van der Waals surface area contributed by atoms with Crippen molar-refractivity contribution in [1.29, 1.82) is 0 Å². The Hall–Kier alpha value is 0.130. The van der Waals surface area contributed by atoms with E-state index in [1.165, 1.54) is 5.30 Å². The normalized spacial score (nSPS) is 8.00. The molecule has 0 aliphatic carbocycles. The Kier molecular flexibility index (Phi) is 5.96. The molecule has 0 spiro atoms.